The first kappa shape index (κ1) is 25.4. The van der Waals surface area contributed by atoms with Crippen LogP contribution in [-0.2, 0) is 0 Å². The maximum Gasteiger partial charge on any atom is 0.0840 e. The van der Waals surface area contributed by atoms with Crippen LogP contribution >= 0.6 is 47.4 Å². The summed E-state index contributed by atoms with van der Waals surface area (Å²) in [5.74, 6) is 1.32. The molecule has 1 aromatic rings. The molecule has 1 aromatic carbocycles. The number of hydrogen-bond donors (Lipinski definition) is 2. The summed E-state index contributed by atoms with van der Waals surface area (Å²) in [6, 6.07) is 11.9. The van der Waals surface area contributed by atoms with Crippen molar-refractivity contribution in [1.82, 2.24) is 10.2 Å². The topological polar surface area (TPSA) is 35.5 Å². The highest BCUT2D eigenvalue weighted by Gasteiger charge is 2.49. The van der Waals surface area contributed by atoms with E-state index in [1.54, 1.807) is 0 Å². The molecular formula is C23H35Cl2IN2O. The minimum atomic E-state index is -0.568. The van der Waals surface area contributed by atoms with Crippen molar-refractivity contribution in [3.05, 3.63) is 46.1 Å². The number of piperidine rings is 2. The van der Waals surface area contributed by atoms with Crippen LogP contribution in [0.3, 0.4) is 0 Å². The SMILES string of the molecule is Cl.Cl.OC1(CC=CI)CC2CCCNC2CC1N1CCC(c2ccccc2)CC1. The Bertz CT molecular complexity index is 639. The minimum absolute atomic E-state index is 0. The first-order valence-electron chi connectivity index (χ1n) is 10.7. The van der Waals surface area contributed by atoms with Gasteiger partial charge in [0.1, 0.15) is 0 Å². The molecule has 6 heteroatoms. The normalized spacial score (nSPS) is 33.5. The quantitative estimate of drug-likeness (QED) is 0.497. The van der Waals surface area contributed by atoms with E-state index in [1.165, 1.54) is 31.2 Å². The Morgan fingerprint density at radius 1 is 1.14 bits per heavy atom. The summed E-state index contributed by atoms with van der Waals surface area (Å²) in [4.78, 5) is 2.62. The third-order valence-corrected chi connectivity index (χ3v) is 7.75. The zero-order chi connectivity index (χ0) is 18.7. The molecule has 0 aromatic heterocycles. The Balaban J connectivity index is 0.00000150. The molecule has 4 rings (SSSR count). The highest BCUT2D eigenvalue weighted by atomic mass is 127. The fourth-order valence-electron chi connectivity index (χ4n) is 5.82. The lowest BCUT2D eigenvalue weighted by Crippen LogP contribution is -2.63. The molecule has 3 fully saturated rings. The number of rotatable bonds is 4. The maximum absolute atomic E-state index is 11.7. The van der Waals surface area contributed by atoms with Gasteiger partial charge in [-0.15, -0.1) is 24.8 Å². The van der Waals surface area contributed by atoms with E-state index in [-0.39, 0.29) is 30.9 Å². The number of aliphatic hydroxyl groups is 1. The van der Waals surface area contributed by atoms with Gasteiger partial charge in [-0.25, -0.2) is 0 Å². The summed E-state index contributed by atoms with van der Waals surface area (Å²) in [7, 11) is 0. The standard InChI is InChI=1S/C23H33IN2O.2ClH/c24-12-5-11-23(27)17-20-8-4-13-25-21(20)16-22(23)26-14-9-19(10-15-26)18-6-2-1-3-7-18;;/h1-3,5-7,12,19-22,25,27H,4,8-11,13-17H2;2*1H. The largest absolute Gasteiger partial charge is 0.388 e. The molecule has 2 saturated heterocycles. The predicted molar refractivity (Wildman–Crippen MR) is 135 cm³/mol. The van der Waals surface area contributed by atoms with Crippen LogP contribution in [-0.4, -0.2) is 47.3 Å². The fourth-order valence-corrected chi connectivity index (χ4v) is 6.07. The molecule has 0 bridgehead atoms. The number of fused-ring (bicyclic) bond motifs is 1. The fraction of sp³-hybridized carbons (Fsp3) is 0.652. The average molecular weight is 553 g/mol. The number of benzene rings is 1. The maximum atomic E-state index is 11.7. The van der Waals surface area contributed by atoms with Gasteiger partial charge in [-0.2, -0.15) is 0 Å². The Kier molecular flexibility index (Phi) is 10.2. The summed E-state index contributed by atoms with van der Waals surface area (Å²) >= 11 is 2.28. The molecule has 0 amide bonds. The van der Waals surface area contributed by atoms with E-state index < -0.39 is 5.60 Å². The van der Waals surface area contributed by atoms with Crippen molar-refractivity contribution in [3.63, 3.8) is 0 Å². The molecule has 3 aliphatic rings. The van der Waals surface area contributed by atoms with E-state index in [9.17, 15) is 5.11 Å². The van der Waals surface area contributed by atoms with Gasteiger partial charge < -0.3 is 10.4 Å². The first-order chi connectivity index (χ1) is 13.2. The smallest absolute Gasteiger partial charge is 0.0840 e. The van der Waals surface area contributed by atoms with Crippen LogP contribution in [0.15, 0.2) is 40.5 Å². The van der Waals surface area contributed by atoms with Crippen molar-refractivity contribution in [3.8, 4) is 0 Å². The second kappa shape index (κ2) is 11.7. The Morgan fingerprint density at radius 2 is 1.86 bits per heavy atom. The highest BCUT2D eigenvalue weighted by molar-refractivity contribution is 14.1. The summed E-state index contributed by atoms with van der Waals surface area (Å²) in [6.07, 6.45) is 9.97. The molecule has 2 N–H and O–H groups in total. The highest BCUT2D eigenvalue weighted by Crippen LogP contribution is 2.43. The molecule has 1 saturated carbocycles. The van der Waals surface area contributed by atoms with E-state index in [0.717, 1.165) is 38.9 Å². The molecule has 164 valence electrons. The molecule has 29 heavy (non-hydrogen) atoms. The zero-order valence-electron chi connectivity index (χ0n) is 17.0. The summed E-state index contributed by atoms with van der Waals surface area (Å²) in [5, 5.41) is 15.5. The Labute approximate surface area is 202 Å². The number of hydrogen-bond acceptors (Lipinski definition) is 3. The van der Waals surface area contributed by atoms with Gasteiger partial charge in [0.25, 0.3) is 0 Å². The van der Waals surface area contributed by atoms with E-state index >= 15 is 0 Å². The molecule has 0 spiro atoms. The van der Waals surface area contributed by atoms with Crippen molar-refractivity contribution < 1.29 is 5.11 Å². The van der Waals surface area contributed by atoms with Gasteiger partial charge in [0, 0.05) is 12.1 Å². The van der Waals surface area contributed by atoms with Crippen LogP contribution in [0.4, 0.5) is 0 Å². The average Bonchev–Trinajstić information content (AvgIpc) is 2.72. The summed E-state index contributed by atoms with van der Waals surface area (Å²) in [6.45, 7) is 3.37. The zero-order valence-corrected chi connectivity index (χ0v) is 20.8. The van der Waals surface area contributed by atoms with Crippen LogP contribution in [0.5, 0.6) is 0 Å². The lowest BCUT2D eigenvalue weighted by atomic mass is 9.67. The van der Waals surface area contributed by atoms with Crippen LogP contribution in [0.2, 0.25) is 0 Å². The molecular weight excluding hydrogens is 518 g/mol. The Morgan fingerprint density at radius 3 is 2.55 bits per heavy atom. The van der Waals surface area contributed by atoms with Crippen molar-refractivity contribution in [2.75, 3.05) is 19.6 Å². The van der Waals surface area contributed by atoms with Gasteiger partial charge in [-0.05, 0) is 86.1 Å². The van der Waals surface area contributed by atoms with Crippen LogP contribution in [0.25, 0.3) is 0 Å². The molecule has 2 aliphatic heterocycles. The lowest BCUT2D eigenvalue weighted by molar-refractivity contribution is -0.104. The predicted octanol–water partition coefficient (Wildman–Crippen LogP) is 5.31. The summed E-state index contributed by atoms with van der Waals surface area (Å²) in [5.41, 5.74) is 0.916. The van der Waals surface area contributed by atoms with Gasteiger partial charge in [0.2, 0.25) is 0 Å². The second-order valence-corrected chi connectivity index (χ2v) is 9.53. The number of halogens is 3. The summed E-state index contributed by atoms with van der Waals surface area (Å²) < 4.78 is 2.07. The van der Waals surface area contributed by atoms with Gasteiger partial charge in [-0.1, -0.05) is 59.0 Å². The van der Waals surface area contributed by atoms with Crippen molar-refractivity contribution in [2.45, 2.75) is 68.5 Å². The van der Waals surface area contributed by atoms with Crippen molar-refractivity contribution >= 4 is 47.4 Å². The monoisotopic (exact) mass is 552 g/mol. The lowest BCUT2D eigenvalue weighted by Gasteiger charge is -2.53. The molecule has 4 atom stereocenters. The van der Waals surface area contributed by atoms with E-state index in [4.69, 9.17) is 0 Å². The van der Waals surface area contributed by atoms with Crippen LogP contribution in [0.1, 0.15) is 56.4 Å². The Hall–Kier alpha value is 0.150. The molecule has 4 unspecified atom stereocenters. The third kappa shape index (κ3) is 5.89. The molecule has 1 aliphatic carbocycles. The van der Waals surface area contributed by atoms with Gasteiger partial charge in [0.05, 0.1) is 5.60 Å². The van der Waals surface area contributed by atoms with Crippen molar-refractivity contribution in [2.24, 2.45) is 5.92 Å². The number of nitrogens with zero attached hydrogens (tertiary/aromatic N) is 1. The van der Waals surface area contributed by atoms with E-state index in [2.05, 4.69) is 73.3 Å². The van der Waals surface area contributed by atoms with Gasteiger partial charge >= 0.3 is 0 Å². The third-order valence-electron chi connectivity index (χ3n) is 7.24. The van der Waals surface area contributed by atoms with Crippen LogP contribution in [0, 0.1) is 5.92 Å². The van der Waals surface area contributed by atoms with Crippen LogP contribution < -0.4 is 5.32 Å². The van der Waals surface area contributed by atoms with E-state index in [1.807, 2.05) is 0 Å². The first-order valence-corrected chi connectivity index (χ1v) is 11.9. The van der Waals surface area contributed by atoms with Gasteiger partial charge in [-0.3, -0.25) is 4.90 Å². The molecule has 0 radical (unpaired) electrons. The van der Waals surface area contributed by atoms with Gasteiger partial charge in [0.15, 0.2) is 0 Å². The minimum Gasteiger partial charge on any atom is -0.388 e. The second-order valence-electron chi connectivity index (χ2n) is 8.81. The number of nitrogens with one attached hydrogen (secondary N) is 1. The van der Waals surface area contributed by atoms with E-state index in [0.29, 0.717) is 17.9 Å². The molecule has 3 nitrogen and oxygen atoms in total. The van der Waals surface area contributed by atoms with Crippen molar-refractivity contribution in [1.29, 1.82) is 0 Å². The molecule has 2 heterocycles. The number of likely N-dealkylation sites (tertiary alicyclic amines) is 1.